The van der Waals surface area contributed by atoms with Gasteiger partial charge in [0.05, 0.1) is 0 Å². The van der Waals surface area contributed by atoms with Crippen LogP contribution in [0.1, 0.15) is 0 Å². The second-order valence-corrected chi connectivity index (χ2v) is 12.0. The summed E-state index contributed by atoms with van der Waals surface area (Å²) < 4.78 is 17.7. The standard InChI is InChI=1S/C10H7.3CH3O.Sn/c1-2-6-10-8-4-3-7-9(10)5-1;3*1-2;/h1-3,5-8H;3*1H3;/q;3*-1;+3. The summed E-state index contributed by atoms with van der Waals surface area (Å²) in [6, 6.07) is 14.4. The van der Waals surface area contributed by atoms with E-state index in [1.165, 1.54) is 10.8 Å². The molecule has 0 bridgehead atoms. The first kappa shape index (κ1) is 12.8. The molecule has 0 spiro atoms. The zero-order valence-corrected chi connectivity index (χ0v) is 13.1. The molecule has 2 aromatic rings. The van der Waals surface area contributed by atoms with Crippen LogP contribution >= 0.6 is 0 Å². The molecular formula is C13H16O3Sn. The molecule has 0 radical (unpaired) electrons. The fourth-order valence-electron chi connectivity index (χ4n) is 1.98. The number of hydrogen-bond acceptors (Lipinski definition) is 3. The molecule has 3 nitrogen and oxygen atoms in total. The van der Waals surface area contributed by atoms with Crippen LogP contribution in [0.5, 0.6) is 0 Å². The van der Waals surface area contributed by atoms with E-state index in [-0.39, 0.29) is 0 Å². The third-order valence-electron chi connectivity index (χ3n) is 2.91. The van der Waals surface area contributed by atoms with Crippen LogP contribution in [0.25, 0.3) is 10.8 Å². The minimum atomic E-state index is -3.52. The molecule has 0 saturated carbocycles. The van der Waals surface area contributed by atoms with E-state index in [9.17, 15) is 0 Å². The first-order chi connectivity index (χ1) is 8.25. The molecule has 0 saturated heterocycles. The van der Waals surface area contributed by atoms with E-state index < -0.39 is 19.6 Å². The summed E-state index contributed by atoms with van der Waals surface area (Å²) in [4.78, 5) is 0. The molecule has 0 aliphatic carbocycles. The zero-order chi connectivity index (χ0) is 12.3. The van der Waals surface area contributed by atoms with E-state index in [4.69, 9.17) is 9.22 Å². The Morgan fingerprint density at radius 1 is 0.765 bits per heavy atom. The Bertz CT molecular complexity index is 500. The normalized spacial score (nSPS) is 11.9. The monoisotopic (exact) mass is 340 g/mol. The number of benzene rings is 2. The summed E-state index contributed by atoms with van der Waals surface area (Å²) in [5.74, 6) is 0. The van der Waals surface area contributed by atoms with Crippen LogP contribution in [0, 0.1) is 0 Å². The second-order valence-electron chi connectivity index (χ2n) is 3.73. The molecule has 17 heavy (non-hydrogen) atoms. The van der Waals surface area contributed by atoms with Crippen molar-refractivity contribution in [3.63, 3.8) is 0 Å². The first-order valence-corrected chi connectivity index (χ1v) is 10.3. The van der Waals surface area contributed by atoms with Gasteiger partial charge in [-0.2, -0.15) is 0 Å². The SMILES string of the molecule is C[O][Sn]([O]C)([O]C)[c]1ccc2ccccc2c1. The summed E-state index contributed by atoms with van der Waals surface area (Å²) >= 11 is -3.52. The average Bonchev–Trinajstić information content (AvgIpc) is 2.41. The van der Waals surface area contributed by atoms with E-state index in [1.807, 2.05) is 18.2 Å². The van der Waals surface area contributed by atoms with Crippen molar-refractivity contribution in [2.45, 2.75) is 0 Å². The summed E-state index contributed by atoms with van der Waals surface area (Å²) in [5, 5.41) is 2.39. The van der Waals surface area contributed by atoms with Crippen LogP contribution in [-0.4, -0.2) is 40.9 Å². The predicted molar refractivity (Wildman–Crippen MR) is 70.4 cm³/mol. The molecule has 0 N–H and O–H groups in total. The molecule has 0 amide bonds. The summed E-state index contributed by atoms with van der Waals surface area (Å²) in [6.07, 6.45) is 0. The van der Waals surface area contributed by atoms with Crippen LogP contribution in [0.4, 0.5) is 0 Å². The maximum atomic E-state index is 5.54. The van der Waals surface area contributed by atoms with Crippen LogP contribution in [0.2, 0.25) is 0 Å². The fraction of sp³-hybridized carbons (Fsp3) is 0.231. The number of rotatable bonds is 4. The Hall–Kier alpha value is -0.621. The van der Waals surface area contributed by atoms with Crippen molar-refractivity contribution >= 4 is 34.0 Å². The van der Waals surface area contributed by atoms with Crippen LogP contribution < -0.4 is 3.58 Å². The molecule has 0 fully saturated rings. The van der Waals surface area contributed by atoms with Crippen molar-refractivity contribution in [2.75, 3.05) is 21.3 Å². The molecule has 0 heterocycles. The van der Waals surface area contributed by atoms with Crippen molar-refractivity contribution < 1.29 is 9.22 Å². The van der Waals surface area contributed by atoms with Crippen LogP contribution in [0.3, 0.4) is 0 Å². The van der Waals surface area contributed by atoms with Gasteiger partial charge >= 0.3 is 107 Å². The Morgan fingerprint density at radius 3 is 1.94 bits per heavy atom. The molecule has 90 valence electrons. The van der Waals surface area contributed by atoms with Gasteiger partial charge in [0.2, 0.25) is 0 Å². The van der Waals surface area contributed by atoms with Gasteiger partial charge < -0.3 is 0 Å². The Labute approximate surface area is 107 Å². The quantitative estimate of drug-likeness (QED) is 0.797. The van der Waals surface area contributed by atoms with Gasteiger partial charge in [-0.25, -0.2) is 0 Å². The summed E-state index contributed by atoms with van der Waals surface area (Å²) in [7, 11) is 4.95. The van der Waals surface area contributed by atoms with Crippen LogP contribution in [0.15, 0.2) is 42.5 Å². The Morgan fingerprint density at radius 2 is 1.35 bits per heavy atom. The average molecular weight is 339 g/mol. The molecule has 0 unspecified atom stereocenters. The maximum absolute atomic E-state index is 5.54. The van der Waals surface area contributed by atoms with E-state index in [0.717, 1.165) is 3.58 Å². The molecular weight excluding hydrogens is 323 g/mol. The molecule has 4 heteroatoms. The van der Waals surface area contributed by atoms with Gasteiger partial charge in [0.25, 0.3) is 0 Å². The van der Waals surface area contributed by atoms with Crippen molar-refractivity contribution in [2.24, 2.45) is 0 Å². The molecule has 2 rings (SSSR count). The predicted octanol–water partition coefficient (Wildman–Crippen LogP) is 1.92. The molecule has 0 aromatic heterocycles. The first-order valence-electron chi connectivity index (χ1n) is 5.40. The summed E-state index contributed by atoms with van der Waals surface area (Å²) in [6.45, 7) is 0. The molecule has 0 atom stereocenters. The van der Waals surface area contributed by atoms with Crippen molar-refractivity contribution in [3.8, 4) is 0 Å². The van der Waals surface area contributed by atoms with Crippen molar-refractivity contribution in [3.05, 3.63) is 42.5 Å². The van der Waals surface area contributed by atoms with E-state index in [0.29, 0.717) is 0 Å². The van der Waals surface area contributed by atoms with E-state index >= 15 is 0 Å². The van der Waals surface area contributed by atoms with E-state index in [2.05, 4.69) is 24.3 Å². The number of hydrogen-bond donors (Lipinski definition) is 0. The minimum absolute atomic E-state index is 1.05. The molecule has 0 aliphatic heterocycles. The third-order valence-corrected chi connectivity index (χ3v) is 10.4. The van der Waals surface area contributed by atoms with Gasteiger partial charge in [0, 0.05) is 0 Å². The second kappa shape index (κ2) is 5.35. The van der Waals surface area contributed by atoms with Crippen molar-refractivity contribution in [1.82, 2.24) is 0 Å². The van der Waals surface area contributed by atoms with Gasteiger partial charge in [0.15, 0.2) is 0 Å². The zero-order valence-electron chi connectivity index (χ0n) is 10.3. The third kappa shape index (κ3) is 2.33. The van der Waals surface area contributed by atoms with Crippen LogP contribution in [-0.2, 0) is 9.22 Å². The number of fused-ring (bicyclic) bond motifs is 1. The Balaban J connectivity index is 2.55. The topological polar surface area (TPSA) is 27.7 Å². The molecule has 2 aromatic carbocycles. The van der Waals surface area contributed by atoms with Gasteiger partial charge in [0.1, 0.15) is 0 Å². The van der Waals surface area contributed by atoms with Gasteiger partial charge in [-0.15, -0.1) is 0 Å². The molecule has 0 aliphatic rings. The fourth-order valence-corrected chi connectivity index (χ4v) is 7.20. The summed E-state index contributed by atoms with van der Waals surface area (Å²) in [5.41, 5.74) is 0. The van der Waals surface area contributed by atoms with Gasteiger partial charge in [-0.05, 0) is 0 Å². The van der Waals surface area contributed by atoms with E-state index in [1.54, 1.807) is 21.3 Å². The van der Waals surface area contributed by atoms with Crippen molar-refractivity contribution in [1.29, 1.82) is 0 Å². The van der Waals surface area contributed by atoms with Gasteiger partial charge in [-0.1, -0.05) is 0 Å². The van der Waals surface area contributed by atoms with Gasteiger partial charge in [-0.3, -0.25) is 0 Å². The Kier molecular flexibility index (Phi) is 4.04.